The Balaban J connectivity index is 2.12. The molecule has 0 aromatic heterocycles. The van der Waals surface area contributed by atoms with Crippen LogP contribution in [0.1, 0.15) is 30.1 Å². The number of nitrogen functional groups attached to an aromatic ring is 1. The number of hydrogen-bond donors (Lipinski definition) is 2. The maximum atomic E-state index is 12.5. The summed E-state index contributed by atoms with van der Waals surface area (Å²) in [5.74, 6) is -0.219. The molecule has 2 rings (SSSR count). The average Bonchev–Trinajstić information content (AvgIpc) is 2.41. The topological polar surface area (TPSA) is 75.4 Å². The van der Waals surface area contributed by atoms with Gasteiger partial charge in [0.15, 0.2) is 0 Å². The van der Waals surface area contributed by atoms with Crippen molar-refractivity contribution in [2.45, 2.75) is 25.8 Å². The molecule has 0 bridgehead atoms. The van der Waals surface area contributed by atoms with Gasteiger partial charge in [0.05, 0.1) is 16.3 Å². The monoisotopic (exact) mass is 295 g/mol. The molecule has 1 saturated heterocycles. The van der Waals surface area contributed by atoms with Crippen molar-refractivity contribution in [3.63, 3.8) is 0 Å². The molecule has 1 aliphatic rings. The van der Waals surface area contributed by atoms with E-state index in [1.54, 1.807) is 23.1 Å². The number of nitrogens with zero attached hydrogens (tertiary/aromatic N) is 1. The van der Waals surface area contributed by atoms with Gasteiger partial charge in [-0.2, -0.15) is 0 Å². The van der Waals surface area contributed by atoms with Gasteiger partial charge in [0.1, 0.15) is 0 Å². The van der Waals surface area contributed by atoms with Gasteiger partial charge in [0, 0.05) is 26.1 Å². The second-order valence-electron chi connectivity index (χ2n) is 5.00. The van der Waals surface area contributed by atoms with Crippen LogP contribution < -0.4 is 11.1 Å². The fraction of sp³-hybridized carbons (Fsp3) is 0.429. The minimum Gasteiger partial charge on any atom is -0.398 e. The molecule has 3 N–H and O–H groups in total. The molecule has 5 nitrogen and oxygen atoms in total. The van der Waals surface area contributed by atoms with E-state index in [0.717, 1.165) is 12.8 Å². The first-order chi connectivity index (χ1) is 9.49. The number of nitrogens with one attached hydrogen (secondary N) is 1. The number of hydrogen-bond acceptors (Lipinski definition) is 3. The Hall–Kier alpha value is -1.75. The third-order valence-corrected chi connectivity index (χ3v) is 3.80. The van der Waals surface area contributed by atoms with Crippen molar-refractivity contribution in [3.05, 3.63) is 28.8 Å². The van der Waals surface area contributed by atoms with Crippen LogP contribution in [0.4, 0.5) is 5.69 Å². The quantitative estimate of drug-likeness (QED) is 0.815. The van der Waals surface area contributed by atoms with Crippen LogP contribution in [0.25, 0.3) is 0 Å². The summed E-state index contributed by atoms with van der Waals surface area (Å²) in [4.78, 5) is 25.3. The van der Waals surface area contributed by atoms with E-state index < -0.39 is 0 Å². The number of carbonyl (C=O) groups excluding carboxylic acids is 2. The summed E-state index contributed by atoms with van der Waals surface area (Å²) in [5, 5.41) is 3.14. The Morgan fingerprint density at radius 3 is 2.90 bits per heavy atom. The fourth-order valence-corrected chi connectivity index (χ4v) is 2.66. The van der Waals surface area contributed by atoms with E-state index >= 15 is 0 Å². The molecule has 1 aromatic carbocycles. The van der Waals surface area contributed by atoms with Crippen LogP contribution in [0, 0.1) is 0 Å². The van der Waals surface area contributed by atoms with Gasteiger partial charge >= 0.3 is 0 Å². The molecule has 1 heterocycles. The lowest BCUT2D eigenvalue weighted by Crippen LogP contribution is -2.49. The number of nitrogens with two attached hydrogens (primary N) is 1. The second-order valence-corrected chi connectivity index (χ2v) is 5.38. The molecule has 0 radical (unpaired) electrons. The molecule has 108 valence electrons. The zero-order valence-corrected chi connectivity index (χ0v) is 12.1. The maximum Gasteiger partial charge on any atom is 0.255 e. The van der Waals surface area contributed by atoms with E-state index in [1.165, 1.54) is 6.92 Å². The molecular formula is C14H18ClN3O2. The van der Waals surface area contributed by atoms with Crippen molar-refractivity contribution < 1.29 is 9.59 Å². The molecule has 1 fully saturated rings. The summed E-state index contributed by atoms with van der Waals surface area (Å²) >= 11 is 6.09. The zero-order valence-electron chi connectivity index (χ0n) is 11.4. The fourth-order valence-electron chi connectivity index (χ4n) is 2.45. The first-order valence-electron chi connectivity index (χ1n) is 6.59. The van der Waals surface area contributed by atoms with E-state index in [9.17, 15) is 9.59 Å². The molecule has 0 aliphatic carbocycles. The lowest BCUT2D eigenvalue weighted by Gasteiger charge is -2.33. The van der Waals surface area contributed by atoms with Crippen LogP contribution in [0.2, 0.25) is 5.02 Å². The lowest BCUT2D eigenvalue weighted by molar-refractivity contribution is -0.120. The summed E-state index contributed by atoms with van der Waals surface area (Å²) in [6.07, 6.45) is 1.74. The Morgan fingerprint density at radius 2 is 2.20 bits per heavy atom. The van der Waals surface area contributed by atoms with Crippen LogP contribution in [-0.4, -0.2) is 35.8 Å². The maximum absolute atomic E-state index is 12.5. The van der Waals surface area contributed by atoms with Crippen molar-refractivity contribution in [3.8, 4) is 0 Å². The molecule has 0 saturated carbocycles. The Morgan fingerprint density at radius 1 is 1.45 bits per heavy atom. The van der Waals surface area contributed by atoms with Crippen molar-refractivity contribution in [2.75, 3.05) is 18.8 Å². The molecule has 1 aromatic rings. The first-order valence-corrected chi connectivity index (χ1v) is 6.97. The molecule has 1 atom stereocenters. The number of amides is 2. The van der Waals surface area contributed by atoms with Crippen molar-refractivity contribution in [2.24, 2.45) is 0 Å². The predicted molar refractivity (Wildman–Crippen MR) is 78.6 cm³/mol. The molecule has 1 unspecified atom stereocenters. The van der Waals surface area contributed by atoms with Crippen LogP contribution in [0.5, 0.6) is 0 Å². The summed E-state index contributed by atoms with van der Waals surface area (Å²) in [6.45, 7) is 2.65. The number of piperidine rings is 1. The molecule has 20 heavy (non-hydrogen) atoms. The van der Waals surface area contributed by atoms with Crippen molar-refractivity contribution >= 4 is 29.1 Å². The Labute approximate surface area is 123 Å². The molecule has 6 heteroatoms. The average molecular weight is 296 g/mol. The number of likely N-dealkylation sites (tertiary alicyclic amines) is 1. The van der Waals surface area contributed by atoms with Crippen molar-refractivity contribution in [1.82, 2.24) is 10.2 Å². The highest BCUT2D eigenvalue weighted by Gasteiger charge is 2.26. The summed E-state index contributed by atoms with van der Waals surface area (Å²) in [6, 6.07) is 5.05. The van der Waals surface area contributed by atoms with Gasteiger partial charge in [-0.3, -0.25) is 9.59 Å². The van der Waals surface area contributed by atoms with Crippen LogP contribution in [0.15, 0.2) is 18.2 Å². The minimum absolute atomic E-state index is 0.00466. The van der Waals surface area contributed by atoms with Gasteiger partial charge in [-0.15, -0.1) is 0 Å². The Kier molecular flexibility index (Phi) is 4.49. The van der Waals surface area contributed by atoms with Gasteiger partial charge in [0.2, 0.25) is 5.91 Å². The van der Waals surface area contributed by atoms with E-state index in [-0.39, 0.29) is 17.9 Å². The molecular weight excluding hydrogens is 278 g/mol. The highest BCUT2D eigenvalue weighted by molar-refractivity contribution is 6.36. The third-order valence-electron chi connectivity index (χ3n) is 3.37. The SMILES string of the molecule is CC(=O)NC1CCCN(C(=O)c2cccc(N)c2Cl)C1. The van der Waals surface area contributed by atoms with E-state index in [2.05, 4.69) is 5.32 Å². The predicted octanol–water partition coefficient (Wildman–Crippen LogP) is 1.66. The second kappa shape index (κ2) is 6.13. The molecule has 2 amide bonds. The lowest BCUT2D eigenvalue weighted by atomic mass is 10.0. The number of anilines is 1. The largest absolute Gasteiger partial charge is 0.398 e. The minimum atomic E-state index is -0.141. The number of benzene rings is 1. The van der Waals surface area contributed by atoms with Gasteiger partial charge in [0.25, 0.3) is 5.91 Å². The summed E-state index contributed by atoms with van der Waals surface area (Å²) < 4.78 is 0. The number of rotatable bonds is 2. The first kappa shape index (κ1) is 14.7. The van der Waals surface area contributed by atoms with Gasteiger partial charge in [-0.05, 0) is 25.0 Å². The van der Waals surface area contributed by atoms with E-state index in [4.69, 9.17) is 17.3 Å². The molecule has 1 aliphatic heterocycles. The third kappa shape index (κ3) is 3.22. The van der Waals surface area contributed by atoms with E-state index in [1.807, 2.05) is 0 Å². The van der Waals surface area contributed by atoms with E-state index in [0.29, 0.717) is 29.4 Å². The van der Waals surface area contributed by atoms with Crippen LogP contribution in [0.3, 0.4) is 0 Å². The van der Waals surface area contributed by atoms with Gasteiger partial charge < -0.3 is 16.0 Å². The highest BCUT2D eigenvalue weighted by atomic mass is 35.5. The van der Waals surface area contributed by atoms with Crippen molar-refractivity contribution in [1.29, 1.82) is 0 Å². The number of carbonyl (C=O) groups is 2. The standard InChI is InChI=1S/C14H18ClN3O2/c1-9(19)17-10-4-3-7-18(8-10)14(20)11-5-2-6-12(16)13(11)15/h2,5-6,10H,3-4,7-8,16H2,1H3,(H,17,19). The highest BCUT2D eigenvalue weighted by Crippen LogP contribution is 2.25. The van der Waals surface area contributed by atoms with Crippen LogP contribution >= 0.6 is 11.6 Å². The summed E-state index contributed by atoms with van der Waals surface area (Å²) in [7, 11) is 0. The smallest absolute Gasteiger partial charge is 0.255 e. The zero-order chi connectivity index (χ0) is 14.7. The van der Waals surface area contributed by atoms with Gasteiger partial charge in [-0.25, -0.2) is 0 Å². The summed E-state index contributed by atoms with van der Waals surface area (Å²) in [5.41, 5.74) is 6.53. The van der Waals surface area contributed by atoms with Crippen LogP contribution in [-0.2, 0) is 4.79 Å². The molecule has 0 spiro atoms. The normalized spacial score (nSPS) is 18.7. The van der Waals surface area contributed by atoms with Gasteiger partial charge in [-0.1, -0.05) is 17.7 Å². The number of halogens is 1. The Bertz CT molecular complexity index is 533.